The zero-order chi connectivity index (χ0) is 12.7. The summed E-state index contributed by atoms with van der Waals surface area (Å²) in [5, 5.41) is 7.08. The molecule has 3 heteroatoms. The minimum atomic E-state index is 0.593. The topological polar surface area (TPSA) is 24.9 Å². The highest BCUT2D eigenvalue weighted by atomic mass is 32.1. The summed E-state index contributed by atoms with van der Waals surface area (Å²) < 4.78 is 0. The molecule has 0 aromatic carbocycles. The molecule has 0 aliphatic carbocycles. The monoisotopic (exact) mass is 254 g/mol. The predicted octanol–water partition coefficient (Wildman–Crippen LogP) is 3.80. The molecule has 0 aliphatic heterocycles. The molecule has 1 aromatic rings. The van der Waals surface area contributed by atoms with E-state index in [1.54, 1.807) is 11.3 Å². The van der Waals surface area contributed by atoms with Crippen LogP contribution < -0.4 is 5.32 Å². The highest BCUT2D eigenvalue weighted by Crippen LogP contribution is 2.16. The smallest absolute Gasteiger partial charge is 0.0943 e. The van der Waals surface area contributed by atoms with Crippen LogP contribution in [0.3, 0.4) is 0 Å². The van der Waals surface area contributed by atoms with Gasteiger partial charge in [0.15, 0.2) is 0 Å². The Balaban J connectivity index is 2.50. The molecule has 2 atom stereocenters. The van der Waals surface area contributed by atoms with Crippen molar-refractivity contribution in [3.63, 3.8) is 0 Å². The number of rotatable bonds is 8. The first-order valence-electron chi connectivity index (χ1n) is 6.80. The summed E-state index contributed by atoms with van der Waals surface area (Å²) in [4.78, 5) is 4.57. The molecule has 0 aliphatic rings. The van der Waals surface area contributed by atoms with Crippen LogP contribution in [-0.2, 0) is 6.42 Å². The second-order valence-electron chi connectivity index (χ2n) is 4.99. The maximum Gasteiger partial charge on any atom is 0.0943 e. The van der Waals surface area contributed by atoms with Crippen molar-refractivity contribution < 1.29 is 0 Å². The number of nitrogens with zero attached hydrogens (tertiary/aromatic N) is 1. The highest BCUT2D eigenvalue weighted by molar-refractivity contribution is 7.09. The molecule has 2 nitrogen and oxygen atoms in total. The molecule has 17 heavy (non-hydrogen) atoms. The third-order valence-corrected chi connectivity index (χ3v) is 4.14. The van der Waals surface area contributed by atoms with E-state index in [-0.39, 0.29) is 0 Å². The quantitative estimate of drug-likeness (QED) is 0.763. The van der Waals surface area contributed by atoms with E-state index in [0.717, 1.165) is 24.6 Å². The Kier molecular flexibility index (Phi) is 6.75. The fourth-order valence-electron chi connectivity index (χ4n) is 1.95. The van der Waals surface area contributed by atoms with Gasteiger partial charge >= 0.3 is 0 Å². The molecule has 2 unspecified atom stereocenters. The molecule has 98 valence electrons. The van der Waals surface area contributed by atoms with Gasteiger partial charge in [0, 0.05) is 23.5 Å². The molecule has 0 saturated heterocycles. The lowest BCUT2D eigenvalue weighted by Crippen LogP contribution is -2.33. The van der Waals surface area contributed by atoms with E-state index < -0.39 is 0 Å². The zero-order valence-corrected chi connectivity index (χ0v) is 12.4. The molecule has 1 heterocycles. The van der Waals surface area contributed by atoms with Crippen LogP contribution in [0.2, 0.25) is 0 Å². The van der Waals surface area contributed by atoms with Gasteiger partial charge in [-0.1, -0.05) is 27.2 Å². The molecule has 0 fully saturated rings. The summed E-state index contributed by atoms with van der Waals surface area (Å²) >= 11 is 1.79. The Labute approximate surface area is 110 Å². The van der Waals surface area contributed by atoms with Crippen LogP contribution in [0.1, 0.15) is 50.7 Å². The lowest BCUT2D eigenvalue weighted by atomic mass is 9.97. The molecular formula is C14H26N2S. The number of hydrogen-bond acceptors (Lipinski definition) is 3. The molecule has 0 radical (unpaired) electrons. The van der Waals surface area contributed by atoms with Crippen molar-refractivity contribution in [2.45, 2.75) is 59.4 Å². The van der Waals surface area contributed by atoms with E-state index in [1.165, 1.54) is 24.3 Å². The molecule has 1 N–H and O–H groups in total. The molecule has 1 rings (SSSR count). The fourth-order valence-corrected chi connectivity index (χ4v) is 2.80. The lowest BCUT2D eigenvalue weighted by Gasteiger charge is -2.20. The average molecular weight is 254 g/mol. The van der Waals surface area contributed by atoms with Crippen LogP contribution in [0.15, 0.2) is 5.38 Å². The van der Waals surface area contributed by atoms with Crippen molar-refractivity contribution in [1.82, 2.24) is 10.3 Å². The van der Waals surface area contributed by atoms with Crippen molar-refractivity contribution in [3.8, 4) is 0 Å². The van der Waals surface area contributed by atoms with Gasteiger partial charge in [0.1, 0.15) is 0 Å². The van der Waals surface area contributed by atoms with E-state index in [4.69, 9.17) is 0 Å². The van der Waals surface area contributed by atoms with Gasteiger partial charge in [-0.2, -0.15) is 0 Å². The second-order valence-corrected chi connectivity index (χ2v) is 5.93. The molecule has 1 aromatic heterocycles. The van der Waals surface area contributed by atoms with Gasteiger partial charge < -0.3 is 5.32 Å². The van der Waals surface area contributed by atoms with Gasteiger partial charge in [0.05, 0.1) is 5.01 Å². The van der Waals surface area contributed by atoms with Gasteiger partial charge in [-0.05, 0) is 32.2 Å². The van der Waals surface area contributed by atoms with Crippen molar-refractivity contribution >= 4 is 11.3 Å². The van der Waals surface area contributed by atoms with Crippen LogP contribution in [0.4, 0.5) is 0 Å². The zero-order valence-electron chi connectivity index (χ0n) is 11.6. The van der Waals surface area contributed by atoms with Crippen LogP contribution in [0.5, 0.6) is 0 Å². The van der Waals surface area contributed by atoms with E-state index in [9.17, 15) is 0 Å². The van der Waals surface area contributed by atoms with E-state index >= 15 is 0 Å². The van der Waals surface area contributed by atoms with E-state index in [1.807, 2.05) is 0 Å². The molecule has 0 bridgehead atoms. The van der Waals surface area contributed by atoms with Gasteiger partial charge in [-0.15, -0.1) is 11.3 Å². The number of hydrogen-bond donors (Lipinski definition) is 1. The van der Waals surface area contributed by atoms with Crippen molar-refractivity contribution in [2.24, 2.45) is 5.92 Å². The van der Waals surface area contributed by atoms with Gasteiger partial charge in [0.25, 0.3) is 0 Å². The minimum Gasteiger partial charge on any atom is -0.314 e. The summed E-state index contributed by atoms with van der Waals surface area (Å²) in [5.41, 5.74) is 1.16. The van der Waals surface area contributed by atoms with E-state index in [0.29, 0.717) is 6.04 Å². The number of thiazole rings is 1. The van der Waals surface area contributed by atoms with Crippen LogP contribution >= 0.6 is 11.3 Å². The average Bonchev–Trinajstić information content (AvgIpc) is 2.71. The van der Waals surface area contributed by atoms with Gasteiger partial charge in [-0.3, -0.25) is 0 Å². The highest BCUT2D eigenvalue weighted by Gasteiger charge is 2.14. The van der Waals surface area contributed by atoms with Crippen molar-refractivity contribution in [3.05, 3.63) is 16.1 Å². The Morgan fingerprint density at radius 2 is 2.18 bits per heavy atom. The van der Waals surface area contributed by atoms with Crippen molar-refractivity contribution in [1.29, 1.82) is 0 Å². The van der Waals surface area contributed by atoms with Crippen molar-refractivity contribution in [2.75, 3.05) is 6.54 Å². The Hall–Kier alpha value is -0.410. The fraction of sp³-hybridized carbons (Fsp3) is 0.786. The van der Waals surface area contributed by atoms with Crippen LogP contribution in [-0.4, -0.2) is 17.6 Å². The summed E-state index contributed by atoms with van der Waals surface area (Å²) in [6.45, 7) is 10.0. The standard InChI is InChI=1S/C14H26N2S/c1-5-7-15-13(8-11(3)6-2)9-14-16-12(4)10-17-14/h10-11,13,15H,5-9H2,1-4H3. The van der Waals surface area contributed by atoms with Gasteiger partial charge in [0.2, 0.25) is 0 Å². The summed E-state index contributed by atoms with van der Waals surface area (Å²) in [7, 11) is 0. The summed E-state index contributed by atoms with van der Waals surface area (Å²) in [6, 6.07) is 0.593. The van der Waals surface area contributed by atoms with Crippen LogP contribution in [0, 0.1) is 12.8 Å². The van der Waals surface area contributed by atoms with E-state index in [2.05, 4.69) is 43.4 Å². The second kappa shape index (κ2) is 7.83. The Morgan fingerprint density at radius 1 is 1.41 bits per heavy atom. The first-order valence-corrected chi connectivity index (χ1v) is 7.68. The van der Waals surface area contributed by atoms with Crippen LogP contribution in [0.25, 0.3) is 0 Å². The summed E-state index contributed by atoms with van der Waals surface area (Å²) in [6.07, 6.45) is 4.81. The lowest BCUT2D eigenvalue weighted by molar-refractivity contribution is 0.391. The molecular weight excluding hydrogens is 228 g/mol. The third kappa shape index (κ3) is 5.64. The maximum atomic E-state index is 4.57. The third-order valence-electron chi connectivity index (χ3n) is 3.15. The van der Waals surface area contributed by atoms with Gasteiger partial charge in [-0.25, -0.2) is 4.98 Å². The minimum absolute atomic E-state index is 0.593. The molecule has 0 saturated carbocycles. The summed E-state index contributed by atoms with van der Waals surface area (Å²) in [5.74, 6) is 0.797. The first kappa shape index (κ1) is 14.7. The predicted molar refractivity (Wildman–Crippen MR) is 76.7 cm³/mol. The SMILES string of the molecule is CCCNC(Cc1nc(C)cs1)CC(C)CC. The molecule has 0 amide bonds. The first-order chi connectivity index (χ1) is 8.15. The maximum absolute atomic E-state index is 4.57. The Bertz CT molecular complexity index is 309. The number of aryl methyl sites for hydroxylation is 1. The normalized spacial score (nSPS) is 14.8. The number of aromatic nitrogens is 1. The largest absolute Gasteiger partial charge is 0.314 e. The number of nitrogens with one attached hydrogen (secondary N) is 1. The molecule has 0 spiro atoms. The Morgan fingerprint density at radius 3 is 2.71 bits per heavy atom.